The molecular weight excluding hydrogens is 252 g/mol. The van der Waals surface area contributed by atoms with Crippen LogP contribution in [0.15, 0.2) is 16.1 Å². The summed E-state index contributed by atoms with van der Waals surface area (Å²) in [6, 6.07) is 1.92. The Morgan fingerprint density at radius 1 is 1.28 bits per heavy atom. The van der Waals surface area contributed by atoms with E-state index in [0.717, 1.165) is 10.7 Å². The van der Waals surface area contributed by atoms with Crippen molar-refractivity contribution in [3.63, 3.8) is 0 Å². The highest BCUT2D eigenvalue weighted by Crippen LogP contribution is 2.31. The molecule has 96 valence electrons. The van der Waals surface area contributed by atoms with E-state index in [0.29, 0.717) is 10.7 Å². The predicted octanol–water partition coefficient (Wildman–Crippen LogP) is 1.62. The van der Waals surface area contributed by atoms with Crippen molar-refractivity contribution < 1.29 is 9.90 Å². The van der Waals surface area contributed by atoms with Crippen molar-refractivity contribution in [2.24, 2.45) is 14.1 Å². The van der Waals surface area contributed by atoms with Gasteiger partial charge in [-0.3, -0.25) is 9.36 Å². The van der Waals surface area contributed by atoms with Gasteiger partial charge in [0, 0.05) is 14.1 Å². The molecule has 0 aliphatic rings. The maximum atomic E-state index is 11.2. The molecule has 0 saturated carbocycles. The number of carbonyl (C=O) groups is 1. The van der Waals surface area contributed by atoms with E-state index in [-0.39, 0.29) is 5.56 Å². The summed E-state index contributed by atoms with van der Waals surface area (Å²) in [6.45, 7) is 3.60. The van der Waals surface area contributed by atoms with E-state index in [1.165, 1.54) is 11.8 Å². The van der Waals surface area contributed by atoms with Crippen LogP contribution in [0.5, 0.6) is 0 Å². The van der Waals surface area contributed by atoms with Gasteiger partial charge in [-0.25, -0.2) is 4.79 Å². The summed E-state index contributed by atoms with van der Waals surface area (Å²) >= 11 is 1.36. The number of aryl methyl sites for hydroxylation is 4. The van der Waals surface area contributed by atoms with Crippen LogP contribution in [-0.4, -0.2) is 30.6 Å². The topological polar surface area (TPSA) is 72.9 Å². The third kappa shape index (κ3) is 2.13. The summed E-state index contributed by atoms with van der Waals surface area (Å²) in [7, 11) is 3.57. The number of rotatable bonds is 3. The highest BCUT2D eigenvalue weighted by Gasteiger charge is 2.21. The Labute approximate surface area is 109 Å². The molecule has 0 amide bonds. The van der Waals surface area contributed by atoms with Gasteiger partial charge in [-0.2, -0.15) is 10.2 Å². The van der Waals surface area contributed by atoms with Gasteiger partial charge in [0.2, 0.25) is 0 Å². The maximum Gasteiger partial charge on any atom is 0.340 e. The lowest BCUT2D eigenvalue weighted by molar-refractivity contribution is 0.0692. The molecule has 0 aromatic carbocycles. The van der Waals surface area contributed by atoms with Crippen LogP contribution in [0, 0.1) is 13.8 Å². The van der Waals surface area contributed by atoms with Gasteiger partial charge in [-0.15, -0.1) is 0 Å². The Morgan fingerprint density at radius 2 is 1.94 bits per heavy atom. The SMILES string of the molecule is Cc1cc(Sc2c(C(=O)O)c(C)nn2C)n(C)n1. The van der Waals surface area contributed by atoms with Crippen LogP contribution >= 0.6 is 11.8 Å². The monoisotopic (exact) mass is 266 g/mol. The molecule has 2 heterocycles. The van der Waals surface area contributed by atoms with Crippen LogP contribution in [0.2, 0.25) is 0 Å². The zero-order chi connectivity index (χ0) is 13.4. The molecule has 2 rings (SSSR count). The van der Waals surface area contributed by atoms with E-state index in [1.54, 1.807) is 23.3 Å². The first kappa shape index (κ1) is 12.7. The molecule has 0 bridgehead atoms. The molecule has 0 radical (unpaired) electrons. The van der Waals surface area contributed by atoms with Crippen molar-refractivity contribution >= 4 is 17.7 Å². The van der Waals surface area contributed by atoms with Gasteiger partial charge in [0.15, 0.2) is 0 Å². The summed E-state index contributed by atoms with van der Waals surface area (Å²) in [5, 5.41) is 19.1. The van der Waals surface area contributed by atoms with Gasteiger partial charge in [0.1, 0.15) is 15.6 Å². The van der Waals surface area contributed by atoms with Crippen LogP contribution in [0.4, 0.5) is 0 Å². The highest BCUT2D eigenvalue weighted by molar-refractivity contribution is 7.99. The van der Waals surface area contributed by atoms with E-state index in [4.69, 9.17) is 0 Å². The van der Waals surface area contributed by atoms with E-state index < -0.39 is 5.97 Å². The molecule has 0 fully saturated rings. The van der Waals surface area contributed by atoms with Gasteiger partial charge in [-0.1, -0.05) is 0 Å². The number of aromatic carboxylic acids is 1. The normalized spacial score (nSPS) is 10.9. The van der Waals surface area contributed by atoms with Gasteiger partial charge < -0.3 is 5.11 Å². The maximum absolute atomic E-state index is 11.2. The molecule has 2 aromatic heterocycles. The standard InChI is InChI=1S/C11H14N4O2S/c1-6-5-8(14(3)12-6)18-10-9(11(16)17)7(2)13-15(10)4/h5H,1-4H3,(H,16,17). The van der Waals surface area contributed by atoms with Crippen LogP contribution in [0.25, 0.3) is 0 Å². The molecule has 7 heteroatoms. The first-order chi connectivity index (χ1) is 8.40. The molecular formula is C11H14N4O2S. The fraction of sp³-hybridized carbons (Fsp3) is 0.364. The summed E-state index contributed by atoms with van der Waals surface area (Å²) in [5.74, 6) is -0.956. The van der Waals surface area contributed by atoms with E-state index >= 15 is 0 Å². The van der Waals surface area contributed by atoms with E-state index in [2.05, 4.69) is 10.2 Å². The molecule has 0 aliphatic heterocycles. The average Bonchev–Trinajstić information content (AvgIpc) is 2.68. The fourth-order valence-electron chi connectivity index (χ4n) is 1.78. The Kier molecular flexibility index (Phi) is 3.16. The molecule has 0 saturated heterocycles. The molecule has 18 heavy (non-hydrogen) atoms. The quantitative estimate of drug-likeness (QED) is 0.914. The Balaban J connectivity index is 2.46. The number of carboxylic acids is 1. The van der Waals surface area contributed by atoms with Gasteiger partial charge in [0.05, 0.1) is 11.4 Å². The van der Waals surface area contributed by atoms with Crippen LogP contribution < -0.4 is 0 Å². The summed E-state index contributed by atoms with van der Waals surface area (Å²) < 4.78 is 3.32. The van der Waals surface area contributed by atoms with Gasteiger partial charge in [0.25, 0.3) is 0 Å². The van der Waals surface area contributed by atoms with Crippen LogP contribution in [-0.2, 0) is 14.1 Å². The van der Waals surface area contributed by atoms with Crippen molar-refractivity contribution in [2.45, 2.75) is 23.9 Å². The largest absolute Gasteiger partial charge is 0.478 e. The third-order valence-electron chi connectivity index (χ3n) is 2.54. The number of carboxylic acid groups (broad SMARTS) is 1. The smallest absolute Gasteiger partial charge is 0.340 e. The second-order valence-electron chi connectivity index (χ2n) is 4.04. The van der Waals surface area contributed by atoms with Crippen molar-refractivity contribution in [3.8, 4) is 0 Å². The zero-order valence-corrected chi connectivity index (χ0v) is 11.4. The number of hydrogen-bond donors (Lipinski definition) is 1. The second kappa shape index (κ2) is 4.49. The second-order valence-corrected chi connectivity index (χ2v) is 5.05. The summed E-state index contributed by atoms with van der Waals surface area (Å²) in [5.41, 5.74) is 1.67. The predicted molar refractivity (Wildman–Crippen MR) is 67.0 cm³/mol. The lowest BCUT2D eigenvalue weighted by Gasteiger charge is -2.03. The van der Waals surface area contributed by atoms with Crippen LogP contribution in [0.3, 0.4) is 0 Å². The molecule has 0 atom stereocenters. The summed E-state index contributed by atoms with van der Waals surface area (Å²) in [4.78, 5) is 11.2. The van der Waals surface area contributed by atoms with Crippen molar-refractivity contribution in [1.29, 1.82) is 0 Å². The van der Waals surface area contributed by atoms with Gasteiger partial charge in [-0.05, 0) is 31.7 Å². The number of nitrogens with zero attached hydrogens (tertiary/aromatic N) is 4. The molecule has 0 spiro atoms. The molecule has 1 N–H and O–H groups in total. The zero-order valence-electron chi connectivity index (χ0n) is 10.6. The van der Waals surface area contributed by atoms with Crippen molar-refractivity contribution in [3.05, 3.63) is 23.0 Å². The van der Waals surface area contributed by atoms with Crippen molar-refractivity contribution in [2.75, 3.05) is 0 Å². The molecule has 0 aliphatic carbocycles. The van der Waals surface area contributed by atoms with Gasteiger partial charge >= 0.3 is 5.97 Å². The summed E-state index contributed by atoms with van der Waals surface area (Å²) in [6.07, 6.45) is 0. The van der Waals surface area contributed by atoms with Crippen molar-refractivity contribution in [1.82, 2.24) is 19.6 Å². The minimum absolute atomic E-state index is 0.251. The molecule has 0 unspecified atom stereocenters. The first-order valence-electron chi connectivity index (χ1n) is 5.35. The Bertz CT molecular complexity index is 615. The number of hydrogen-bond acceptors (Lipinski definition) is 4. The fourth-order valence-corrected chi connectivity index (χ4v) is 2.89. The molecule has 2 aromatic rings. The van der Waals surface area contributed by atoms with E-state index in [1.807, 2.05) is 20.0 Å². The number of aromatic nitrogens is 4. The molecule has 6 nitrogen and oxygen atoms in total. The Morgan fingerprint density at radius 3 is 2.44 bits per heavy atom. The third-order valence-corrected chi connectivity index (χ3v) is 3.80. The minimum Gasteiger partial charge on any atom is -0.478 e. The lowest BCUT2D eigenvalue weighted by atomic mass is 10.3. The highest BCUT2D eigenvalue weighted by atomic mass is 32.2. The van der Waals surface area contributed by atoms with Crippen LogP contribution in [0.1, 0.15) is 21.7 Å². The Hall–Kier alpha value is -1.76. The lowest BCUT2D eigenvalue weighted by Crippen LogP contribution is -2.01. The first-order valence-corrected chi connectivity index (χ1v) is 6.17. The average molecular weight is 266 g/mol. The van der Waals surface area contributed by atoms with E-state index in [9.17, 15) is 9.90 Å². The minimum atomic E-state index is -0.956.